The summed E-state index contributed by atoms with van der Waals surface area (Å²) in [5, 5.41) is 4.80. The minimum absolute atomic E-state index is 0.202. The molecular formula is C11H14N2O2. The van der Waals surface area contributed by atoms with Crippen LogP contribution in [0.2, 0.25) is 0 Å². The van der Waals surface area contributed by atoms with E-state index >= 15 is 0 Å². The third-order valence-corrected chi connectivity index (χ3v) is 1.79. The Labute approximate surface area is 88.7 Å². The first kappa shape index (κ1) is 11.2. The summed E-state index contributed by atoms with van der Waals surface area (Å²) in [5.41, 5.74) is 0.659. The van der Waals surface area contributed by atoms with Gasteiger partial charge in [0.05, 0.1) is 0 Å². The summed E-state index contributed by atoms with van der Waals surface area (Å²) in [6.07, 6.45) is 0. The summed E-state index contributed by atoms with van der Waals surface area (Å²) in [7, 11) is 0. The molecule has 0 aromatic heterocycles. The average molecular weight is 206 g/mol. The number of carbonyl (C=O) groups excluding carboxylic acids is 2. The Hall–Kier alpha value is -1.84. The number of hydrogen-bond donors (Lipinski definition) is 2. The number of hydrogen-bond acceptors (Lipinski definition) is 2. The van der Waals surface area contributed by atoms with E-state index in [1.807, 2.05) is 6.07 Å². The number of para-hydroxylation sites is 1. The van der Waals surface area contributed by atoms with Gasteiger partial charge in [-0.2, -0.15) is 0 Å². The fourth-order valence-corrected chi connectivity index (χ4v) is 0.940. The van der Waals surface area contributed by atoms with Gasteiger partial charge in [-0.05, 0) is 12.1 Å². The Kier molecular flexibility index (Phi) is 3.85. The molecule has 15 heavy (non-hydrogen) atoms. The highest BCUT2D eigenvalue weighted by Crippen LogP contribution is 2.04. The molecule has 3 amide bonds. The molecule has 2 N–H and O–H groups in total. The summed E-state index contributed by atoms with van der Waals surface area (Å²) < 4.78 is 0. The zero-order valence-electron chi connectivity index (χ0n) is 8.78. The Morgan fingerprint density at radius 2 is 1.73 bits per heavy atom. The van der Waals surface area contributed by atoms with Gasteiger partial charge in [-0.15, -0.1) is 0 Å². The molecule has 0 aliphatic rings. The lowest BCUT2D eigenvalue weighted by atomic mass is 10.2. The molecule has 1 aromatic carbocycles. The number of urea groups is 1. The van der Waals surface area contributed by atoms with Crippen molar-refractivity contribution >= 4 is 17.6 Å². The van der Waals surface area contributed by atoms with Crippen LogP contribution in [-0.4, -0.2) is 11.9 Å². The van der Waals surface area contributed by atoms with Crippen LogP contribution < -0.4 is 10.6 Å². The highest BCUT2D eigenvalue weighted by Gasteiger charge is 2.10. The average Bonchev–Trinajstić information content (AvgIpc) is 2.18. The van der Waals surface area contributed by atoms with Crippen LogP contribution in [-0.2, 0) is 4.79 Å². The van der Waals surface area contributed by atoms with Crippen molar-refractivity contribution in [1.82, 2.24) is 5.32 Å². The first-order chi connectivity index (χ1) is 7.09. The second-order valence-corrected chi connectivity index (χ2v) is 3.46. The second kappa shape index (κ2) is 5.14. The fourth-order valence-electron chi connectivity index (χ4n) is 0.940. The normalized spacial score (nSPS) is 9.80. The Morgan fingerprint density at radius 1 is 1.13 bits per heavy atom. The van der Waals surface area contributed by atoms with Crippen molar-refractivity contribution in [3.8, 4) is 0 Å². The van der Waals surface area contributed by atoms with Crippen molar-refractivity contribution in [1.29, 1.82) is 0 Å². The van der Waals surface area contributed by atoms with E-state index in [1.54, 1.807) is 38.1 Å². The van der Waals surface area contributed by atoms with Crippen LogP contribution in [0.3, 0.4) is 0 Å². The fraction of sp³-hybridized carbons (Fsp3) is 0.273. The topological polar surface area (TPSA) is 58.2 Å². The molecule has 1 aromatic rings. The van der Waals surface area contributed by atoms with Crippen LogP contribution in [0.25, 0.3) is 0 Å². The molecular weight excluding hydrogens is 192 g/mol. The lowest BCUT2D eigenvalue weighted by Gasteiger charge is -2.07. The quantitative estimate of drug-likeness (QED) is 0.777. The molecule has 0 aliphatic carbocycles. The minimum Gasteiger partial charge on any atom is -0.308 e. The third kappa shape index (κ3) is 3.81. The summed E-state index contributed by atoms with van der Waals surface area (Å²) in [6, 6.07) is 8.46. The Balaban J connectivity index is 2.47. The first-order valence-electron chi connectivity index (χ1n) is 4.76. The van der Waals surface area contributed by atoms with E-state index in [-0.39, 0.29) is 11.8 Å². The maximum atomic E-state index is 11.3. The van der Waals surface area contributed by atoms with Crippen molar-refractivity contribution < 1.29 is 9.59 Å². The van der Waals surface area contributed by atoms with Gasteiger partial charge in [-0.3, -0.25) is 10.1 Å². The first-order valence-corrected chi connectivity index (χ1v) is 4.76. The summed E-state index contributed by atoms with van der Waals surface area (Å²) in [6.45, 7) is 3.45. The predicted molar refractivity (Wildman–Crippen MR) is 58.4 cm³/mol. The van der Waals surface area contributed by atoms with Gasteiger partial charge >= 0.3 is 6.03 Å². The van der Waals surface area contributed by atoms with E-state index in [2.05, 4.69) is 10.6 Å². The molecule has 1 rings (SSSR count). The number of anilines is 1. The number of rotatable bonds is 2. The summed E-state index contributed by atoms with van der Waals surface area (Å²) in [4.78, 5) is 22.5. The maximum Gasteiger partial charge on any atom is 0.325 e. The van der Waals surface area contributed by atoms with Gasteiger partial charge < -0.3 is 5.32 Å². The van der Waals surface area contributed by atoms with Crippen molar-refractivity contribution in [3.05, 3.63) is 30.3 Å². The van der Waals surface area contributed by atoms with Crippen molar-refractivity contribution in [2.45, 2.75) is 13.8 Å². The Morgan fingerprint density at radius 3 is 2.27 bits per heavy atom. The van der Waals surface area contributed by atoms with Gasteiger partial charge in [0.15, 0.2) is 0 Å². The lowest BCUT2D eigenvalue weighted by molar-refractivity contribution is -0.122. The van der Waals surface area contributed by atoms with Gasteiger partial charge in [0.1, 0.15) is 0 Å². The smallest absolute Gasteiger partial charge is 0.308 e. The van der Waals surface area contributed by atoms with Crippen LogP contribution in [0.5, 0.6) is 0 Å². The molecule has 0 unspecified atom stereocenters. The molecule has 0 radical (unpaired) electrons. The van der Waals surface area contributed by atoms with Gasteiger partial charge in [-0.25, -0.2) is 4.79 Å². The Bertz CT molecular complexity index is 347. The van der Waals surface area contributed by atoms with Crippen LogP contribution >= 0.6 is 0 Å². The van der Waals surface area contributed by atoms with E-state index in [0.29, 0.717) is 5.69 Å². The van der Waals surface area contributed by atoms with E-state index < -0.39 is 6.03 Å². The van der Waals surface area contributed by atoms with Gasteiger partial charge in [0.25, 0.3) is 0 Å². The summed E-state index contributed by atoms with van der Waals surface area (Å²) in [5.74, 6) is -0.491. The van der Waals surface area contributed by atoms with Gasteiger partial charge in [0, 0.05) is 11.6 Å². The van der Waals surface area contributed by atoms with Gasteiger partial charge in [0.2, 0.25) is 5.91 Å². The number of benzene rings is 1. The van der Waals surface area contributed by atoms with Crippen LogP contribution in [0.1, 0.15) is 13.8 Å². The molecule has 4 heteroatoms. The minimum atomic E-state index is -0.500. The third-order valence-electron chi connectivity index (χ3n) is 1.79. The van der Waals surface area contributed by atoms with Crippen LogP contribution in [0, 0.1) is 5.92 Å². The largest absolute Gasteiger partial charge is 0.325 e. The molecule has 0 heterocycles. The predicted octanol–water partition coefficient (Wildman–Crippen LogP) is 1.99. The van der Waals surface area contributed by atoms with Gasteiger partial charge in [-0.1, -0.05) is 32.0 Å². The van der Waals surface area contributed by atoms with Crippen LogP contribution in [0.15, 0.2) is 30.3 Å². The standard InChI is InChI=1S/C11H14N2O2/c1-8(2)10(14)13-11(15)12-9-6-4-3-5-7-9/h3-8H,1-2H3,(H2,12,13,14,15). The zero-order chi connectivity index (χ0) is 11.3. The van der Waals surface area contributed by atoms with E-state index in [9.17, 15) is 9.59 Å². The monoisotopic (exact) mass is 206 g/mol. The maximum absolute atomic E-state index is 11.3. The SMILES string of the molecule is CC(C)C(=O)NC(=O)Nc1ccccc1. The number of nitrogens with one attached hydrogen (secondary N) is 2. The van der Waals surface area contributed by atoms with Crippen molar-refractivity contribution in [3.63, 3.8) is 0 Å². The molecule has 4 nitrogen and oxygen atoms in total. The molecule has 80 valence electrons. The number of amides is 3. The van der Waals surface area contributed by atoms with E-state index in [1.165, 1.54) is 0 Å². The lowest BCUT2D eigenvalue weighted by Crippen LogP contribution is -2.36. The highest BCUT2D eigenvalue weighted by atomic mass is 16.2. The zero-order valence-corrected chi connectivity index (χ0v) is 8.78. The molecule has 0 spiro atoms. The number of carbonyl (C=O) groups is 2. The molecule has 0 bridgehead atoms. The molecule has 0 atom stereocenters. The van der Waals surface area contributed by atoms with Crippen LogP contribution in [0.4, 0.5) is 10.5 Å². The van der Waals surface area contributed by atoms with E-state index in [0.717, 1.165) is 0 Å². The van der Waals surface area contributed by atoms with Crippen molar-refractivity contribution in [2.75, 3.05) is 5.32 Å². The molecule has 0 saturated carbocycles. The number of imide groups is 1. The highest BCUT2D eigenvalue weighted by molar-refractivity contribution is 6.01. The molecule has 0 saturated heterocycles. The van der Waals surface area contributed by atoms with E-state index in [4.69, 9.17) is 0 Å². The molecule has 0 fully saturated rings. The second-order valence-electron chi connectivity index (χ2n) is 3.46. The summed E-state index contributed by atoms with van der Waals surface area (Å²) >= 11 is 0. The van der Waals surface area contributed by atoms with Crippen molar-refractivity contribution in [2.24, 2.45) is 5.92 Å². The molecule has 0 aliphatic heterocycles.